The van der Waals surface area contributed by atoms with Crippen LogP contribution in [0.4, 0.5) is 0 Å². The first-order valence-corrected chi connectivity index (χ1v) is 11.4. The summed E-state index contributed by atoms with van der Waals surface area (Å²) in [6.45, 7) is 5.13. The maximum absolute atomic E-state index is 13.7. The van der Waals surface area contributed by atoms with Gasteiger partial charge >= 0.3 is 0 Å². The predicted molar refractivity (Wildman–Crippen MR) is 113 cm³/mol. The summed E-state index contributed by atoms with van der Waals surface area (Å²) < 4.78 is 11.9. The highest BCUT2D eigenvalue weighted by Crippen LogP contribution is 2.38. The summed E-state index contributed by atoms with van der Waals surface area (Å²) in [5.41, 5.74) is 0.556. The van der Waals surface area contributed by atoms with E-state index >= 15 is 0 Å². The number of amides is 2. The molecule has 3 aliphatic heterocycles. The lowest BCUT2D eigenvalue weighted by Gasteiger charge is -2.42. The van der Waals surface area contributed by atoms with Gasteiger partial charge in [-0.05, 0) is 43.4 Å². The van der Waals surface area contributed by atoms with E-state index in [9.17, 15) is 9.59 Å². The van der Waals surface area contributed by atoms with Crippen LogP contribution in [0.1, 0.15) is 31.2 Å². The Balaban J connectivity index is 1.44. The van der Waals surface area contributed by atoms with Crippen LogP contribution in [0.15, 0.2) is 28.7 Å². The average molecular weight is 465 g/mol. The molecule has 3 fully saturated rings. The zero-order valence-electron chi connectivity index (χ0n) is 16.8. The SMILES string of the molecule is O=C(C1CCN(C(=O)C2(c3ccc(Br)cc3)CCOCC2)CC1)N1CCOCC1. The topological polar surface area (TPSA) is 59.1 Å². The minimum absolute atomic E-state index is 0.0236. The minimum atomic E-state index is -0.514. The molecule has 2 amide bonds. The average Bonchev–Trinajstić information content (AvgIpc) is 2.80. The van der Waals surface area contributed by atoms with Gasteiger partial charge in [0.05, 0.1) is 18.6 Å². The van der Waals surface area contributed by atoms with E-state index in [2.05, 4.69) is 28.1 Å². The Morgan fingerprint density at radius 1 is 0.862 bits per heavy atom. The van der Waals surface area contributed by atoms with Crippen molar-refractivity contribution < 1.29 is 19.1 Å². The lowest BCUT2D eigenvalue weighted by molar-refractivity contribution is -0.147. The molecule has 7 heteroatoms. The van der Waals surface area contributed by atoms with Crippen molar-refractivity contribution in [1.82, 2.24) is 9.80 Å². The number of likely N-dealkylation sites (tertiary alicyclic amines) is 1. The van der Waals surface area contributed by atoms with Crippen LogP contribution >= 0.6 is 15.9 Å². The molecule has 1 aromatic rings. The maximum atomic E-state index is 13.7. The van der Waals surface area contributed by atoms with E-state index in [1.165, 1.54) is 0 Å². The van der Waals surface area contributed by atoms with Crippen molar-refractivity contribution in [1.29, 1.82) is 0 Å². The van der Waals surface area contributed by atoms with E-state index < -0.39 is 5.41 Å². The Kier molecular flexibility index (Phi) is 6.56. The van der Waals surface area contributed by atoms with E-state index in [0.29, 0.717) is 65.4 Å². The lowest BCUT2D eigenvalue weighted by Crippen LogP contribution is -2.53. The second kappa shape index (κ2) is 9.14. The number of piperidine rings is 1. The van der Waals surface area contributed by atoms with Gasteiger partial charge in [-0.15, -0.1) is 0 Å². The van der Waals surface area contributed by atoms with Gasteiger partial charge in [-0.1, -0.05) is 28.1 Å². The Hall–Kier alpha value is -1.44. The highest BCUT2D eigenvalue weighted by Gasteiger charge is 2.45. The number of carbonyl (C=O) groups is 2. The quantitative estimate of drug-likeness (QED) is 0.689. The Bertz CT molecular complexity index is 719. The molecule has 0 N–H and O–H groups in total. The zero-order chi connectivity index (χ0) is 20.3. The number of benzene rings is 1. The van der Waals surface area contributed by atoms with Gasteiger partial charge < -0.3 is 19.3 Å². The fraction of sp³-hybridized carbons (Fsp3) is 0.636. The molecule has 3 saturated heterocycles. The summed E-state index contributed by atoms with van der Waals surface area (Å²) in [6, 6.07) is 8.13. The molecule has 0 radical (unpaired) electrons. The molecule has 0 aliphatic carbocycles. The fourth-order valence-corrected chi connectivity index (χ4v) is 5.05. The van der Waals surface area contributed by atoms with Gasteiger partial charge in [0.15, 0.2) is 0 Å². The van der Waals surface area contributed by atoms with Crippen LogP contribution in [-0.2, 0) is 24.5 Å². The van der Waals surface area contributed by atoms with Crippen LogP contribution in [-0.4, -0.2) is 74.2 Å². The van der Waals surface area contributed by atoms with Crippen LogP contribution in [0, 0.1) is 5.92 Å². The first-order chi connectivity index (χ1) is 14.1. The smallest absolute Gasteiger partial charge is 0.233 e. The molecular weight excluding hydrogens is 436 g/mol. The molecule has 3 aliphatic rings. The molecule has 0 atom stereocenters. The molecule has 3 heterocycles. The van der Waals surface area contributed by atoms with Gasteiger partial charge in [0.25, 0.3) is 0 Å². The van der Waals surface area contributed by atoms with Gasteiger partial charge in [-0.2, -0.15) is 0 Å². The van der Waals surface area contributed by atoms with Crippen molar-refractivity contribution in [3.63, 3.8) is 0 Å². The van der Waals surface area contributed by atoms with Crippen molar-refractivity contribution in [2.24, 2.45) is 5.92 Å². The summed E-state index contributed by atoms with van der Waals surface area (Å²) in [6.07, 6.45) is 2.91. The minimum Gasteiger partial charge on any atom is -0.381 e. The van der Waals surface area contributed by atoms with Gasteiger partial charge in [-0.25, -0.2) is 0 Å². The van der Waals surface area contributed by atoms with Gasteiger partial charge in [0.2, 0.25) is 11.8 Å². The van der Waals surface area contributed by atoms with Gasteiger partial charge in [-0.3, -0.25) is 9.59 Å². The fourth-order valence-electron chi connectivity index (χ4n) is 4.79. The molecule has 6 nitrogen and oxygen atoms in total. The van der Waals surface area contributed by atoms with Crippen molar-refractivity contribution in [2.45, 2.75) is 31.1 Å². The molecule has 4 rings (SSSR count). The molecule has 0 saturated carbocycles. The van der Waals surface area contributed by atoms with Crippen LogP contribution in [0.2, 0.25) is 0 Å². The van der Waals surface area contributed by atoms with Crippen molar-refractivity contribution in [3.8, 4) is 0 Å². The standard InChI is InChI=1S/C22H29BrN2O4/c23-19-3-1-18(2-4-19)22(7-13-28-14-8-22)21(27)25-9-5-17(6-10-25)20(26)24-11-15-29-16-12-24/h1-4,17H,5-16H2. The number of nitrogens with zero attached hydrogens (tertiary/aromatic N) is 2. The summed E-state index contributed by atoms with van der Waals surface area (Å²) in [5, 5.41) is 0. The predicted octanol–water partition coefficient (Wildman–Crippen LogP) is 2.59. The summed E-state index contributed by atoms with van der Waals surface area (Å²) in [7, 11) is 0. The van der Waals surface area contributed by atoms with Crippen LogP contribution < -0.4 is 0 Å². The number of ether oxygens (including phenoxy) is 2. The summed E-state index contributed by atoms with van der Waals surface area (Å²) >= 11 is 3.49. The monoisotopic (exact) mass is 464 g/mol. The Morgan fingerprint density at radius 2 is 1.45 bits per heavy atom. The second-order valence-corrected chi connectivity index (χ2v) is 9.12. The highest BCUT2D eigenvalue weighted by molar-refractivity contribution is 9.10. The number of morpholine rings is 1. The maximum Gasteiger partial charge on any atom is 0.233 e. The normalized spacial score (nSPS) is 23.1. The first-order valence-electron chi connectivity index (χ1n) is 10.6. The van der Waals surface area contributed by atoms with Crippen molar-refractivity contribution in [3.05, 3.63) is 34.3 Å². The van der Waals surface area contributed by atoms with E-state index in [-0.39, 0.29) is 17.7 Å². The lowest BCUT2D eigenvalue weighted by atomic mass is 9.72. The molecule has 0 spiro atoms. The van der Waals surface area contributed by atoms with E-state index in [1.807, 2.05) is 21.9 Å². The second-order valence-electron chi connectivity index (χ2n) is 8.21. The van der Waals surface area contributed by atoms with Crippen LogP contribution in [0.25, 0.3) is 0 Å². The van der Waals surface area contributed by atoms with Gasteiger partial charge in [0.1, 0.15) is 0 Å². The number of halogens is 1. The molecule has 29 heavy (non-hydrogen) atoms. The van der Waals surface area contributed by atoms with Crippen LogP contribution in [0.5, 0.6) is 0 Å². The molecule has 1 aromatic carbocycles. The third-order valence-corrected chi connectivity index (χ3v) is 7.14. The third-order valence-electron chi connectivity index (χ3n) is 6.61. The number of rotatable bonds is 3. The Morgan fingerprint density at radius 3 is 2.07 bits per heavy atom. The van der Waals surface area contributed by atoms with Crippen molar-refractivity contribution >= 4 is 27.7 Å². The van der Waals surface area contributed by atoms with E-state index in [4.69, 9.17) is 9.47 Å². The highest BCUT2D eigenvalue weighted by atomic mass is 79.9. The number of carbonyl (C=O) groups excluding carboxylic acids is 2. The molecular formula is C22H29BrN2O4. The zero-order valence-corrected chi connectivity index (χ0v) is 18.4. The molecule has 0 unspecified atom stereocenters. The molecule has 0 bridgehead atoms. The first kappa shape index (κ1) is 20.8. The largest absolute Gasteiger partial charge is 0.381 e. The third kappa shape index (κ3) is 4.37. The number of hydrogen-bond donors (Lipinski definition) is 0. The van der Waals surface area contributed by atoms with Gasteiger partial charge in [0, 0.05) is 49.8 Å². The summed E-state index contributed by atoms with van der Waals surface area (Å²) in [5.74, 6) is 0.449. The molecule has 0 aromatic heterocycles. The van der Waals surface area contributed by atoms with E-state index in [0.717, 1.165) is 22.9 Å². The Labute approximate surface area is 180 Å². The summed E-state index contributed by atoms with van der Waals surface area (Å²) in [4.78, 5) is 30.4. The number of hydrogen-bond acceptors (Lipinski definition) is 4. The van der Waals surface area contributed by atoms with E-state index in [1.54, 1.807) is 0 Å². The molecule has 158 valence electrons. The van der Waals surface area contributed by atoms with Crippen LogP contribution in [0.3, 0.4) is 0 Å². The van der Waals surface area contributed by atoms with Crippen molar-refractivity contribution in [2.75, 3.05) is 52.6 Å².